The van der Waals surface area contributed by atoms with E-state index in [2.05, 4.69) is 5.32 Å². The van der Waals surface area contributed by atoms with Crippen LogP contribution in [0.3, 0.4) is 0 Å². The molecular weight excluding hydrogens is 386 g/mol. The number of hydrogen-bond donors (Lipinski definition) is 1. The van der Waals surface area contributed by atoms with E-state index < -0.39 is 27.4 Å². The van der Waals surface area contributed by atoms with Gasteiger partial charge in [-0.15, -0.1) is 0 Å². The van der Waals surface area contributed by atoms with Gasteiger partial charge >= 0.3 is 0 Å². The van der Waals surface area contributed by atoms with E-state index in [1.165, 1.54) is 12.1 Å². The number of benzene rings is 2. The van der Waals surface area contributed by atoms with Crippen molar-refractivity contribution in [3.05, 3.63) is 58.1 Å². The molecule has 2 rings (SSSR count). The molecule has 150 valence electrons. The molecule has 2 aromatic carbocycles. The number of ether oxygens (including phenoxy) is 1. The fourth-order valence-electron chi connectivity index (χ4n) is 2.52. The van der Waals surface area contributed by atoms with Gasteiger partial charge in [-0.1, -0.05) is 12.1 Å². The molecule has 0 unspecified atom stereocenters. The van der Waals surface area contributed by atoms with E-state index in [0.717, 1.165) is 16.6 Å². The Bertz CT molecular complexity index is 991. The third-order valence-corrected chi connectivity index (χ3v) is 4.92. The normalized spacial score (nSPS) is 11.0. The third kappa shape index (κ3) is 5.43. The van der Waals surface area contributed by atoms with Gasteiger partial charge in [0.1, 0.15) is 12.3 Å². The van der Waals surface area contributed by atoms with Gasteiger partial charge < -0.3 is 10.1 Å². The maximum atomic E-state index is 12.5. The van der Waals surface area contributed by atoms with Crippen molar-refractivity contribution in [3.63, 3.8) is 0 Å². The van der Waals surface area contributed by atoms with Gasteiger partial charge in [0, 0.05) is 23.9 Å². The Morgan fingerprint density at radius 1 is 1.25 bits per heavy atom. The summed E-state index contributed by atoms with van der Waals surface area (Å²) < 4.78 is 30.7. The molecule has 0 saturated heterocycles. The van der Waals surface area contributed by atoms with Crippen molar-refractivity contribution in [1.82, 2.24) is 0 Å². The molecule has 0 aliphatic heterocycles. The zero-order chi connectivity index (χ0) is 20.9. The zero-order valence-electron chi connectivity index (χ0n) is 15.7. The molecular formula is C18H21N3O6S. The van der Waals surface area contributed by atoms with Gasteiger partial charge in [0.25, 0.3) is 5.69 Å². The molecule has 0 aromatic heterocycles. The Hall–Kier alpha value is -3.14. The van der Waals surface area contributed by atoms with Crippen LogP contribution in [-0.4, -0.2) is 38.7 Å². The van der Waals surface area contributed by atoms with Crippen LogP contribution in [0.1, 0.15) is 12.5 Å². The topological polar surface area (TPSA) is 119 Å². The van der Waals surface area contributed by atoms with Crippen LogP contribution in [0.25, 0.3) is 0 Å². The number of carbonyl (C=O) groups is 1. The van der Waals surface area contributed by atoms with Crippen molar-refractivity contribution < 1.29 is 22.9 Å². The minimum atomic E-state index is -3.86. The predicted molar refractivity (Wildman–Crippen MR) is 106 cm³/mol. The van der Waals surface area contributed by atoms with Crippen LogP contribution < -0.4 is 14.4 Å². The second-order valence-corrected chi connectivity index (χ2v) is 7.91. The summed E-state index contributed by atoms with van der Waals surface area (Å²) in [6.45, 7) is 3.38. The lowest BCUT2D eigenvalue weighted by molar-refractivity contribution is -0.384. The largest absolute Gasteiger partial charge is 0.494 e. The number of hydrogen-bond acceptors (Lipinski definition) is 6. The SMILES string of the molecule is CCOc1cccc(NC(=O)CN(c2cc([N+](=O)[O-])ccc2C)S(C)(=O)=O)c1. The van der Waals surface area contributed by atoms with E-state index in [4.69, 9.17) is 4.74 Å². The fourth-order valence-corrected chi connectivity index (χ4v) is 3.43. The van der Waals surface area contributed by atoms with Crippen molar-refractivity contribution in [2.45, 2.75) is 13.8 Å². The lowest BCUT2D eigenvalue weighted by atomic mass is 10.2. The number of rotatable bonds is 8. The number of aryl methyl sites for hydroxylation is 1. The Labute approximate surface area is 163 Å². The first kappa shape index (κ1) is 21.2. The lowest BCUT2D eigenvalue weighted by Crippen LogP contribution is -2.37. The highest BCUT2D eigenvalue weighted by atomic mass is 32.2. The molecule has 9 nitrogen and oxygen atoms in total. The van der Waals surface area contributed by atoms with Gasteiger partial charge in [-0.25, -0.2) is 8.42 Å². The number of nitrogens with one attached hydrogen (secondary N) is 1. The van der Waals surface area contributed by atoms with E-state index in [9.17, 15) is 23.3 Å². The second-order valence-electron chi connectivity index (χ2n) is 6.01. The summed E-state index contributed by atoms with van der Waals surface area (Å²) in [6.07, 6.45) is 0.939. The Balaban J connectivity index is 2.29. The predicted octanol–water partition coefficient (Wildman–Crippen LogP) is 2.71. The highest BCUT2D eigenvalue weighted by Crippen LogP contribution is 2.27. The minimum absolute atomic E-state index is 0.0786. The van der Waals surface area contributed by atoms with E-state index in [0.29, 0.717) is 23.6 Å². The van der Waals surface area contributed by atoms with Gasteiger partial charge in [-0.2, -0.15) is 0 Å². The van der Waals surface area contributed by atoms with Crippen LogP contribution in [-0.2, 0) is 14.8 Å². The van der Waals surface area contributed by atoms with Gasteiger partial charge in [-0.05, 0) is 31.5 Å². The number of sulfonamides is 1. The van der Waals surface area contributed by atoms with Crippen LogP contribution in [0.2, 0.25) is 0 Å². The average Bonchev–Trinajstić information content (AvgIpc) is 2.60. The number of amides is 1. The number of carbonyl (C=O) groups excluding carboxylic acids is 1. The molecule has 0 bridgehead atoms. The van der Waals surface area contributed by atoms with Crippen LogP contribution >= 0.6 is 0 Å². The molecule has 1 amide bonds. The van der Waals surface area contributed by atoms with E-state index in [1.54, 1.807) is 31.2 Å². The second kappa shape index (κ2) is 8.70. The molecule has 0 radical (unpaired) electrons. The summed E-state index contributed by atoms with van der Waals surface area (Å²) in [5, 5.41) is 13.6. The molecule has 2 aromatic rings. The molecule has 10 heteroatoms. The molecule has 0 aliphatic carbocycles. The number of nitro benzene ring substituents is 1. The highest BCUT2D eigenvalue weighted by Gasteiger charge is 2.24. The number of nitro groups is 1. The summed E-state index contributed by atoms with van der Waals surface area (Å²) in [7, 11) is -3.86. The first-order chi connectivity index (χ1) is 13.1. The molecule has 0 saturated carbocycles. The number of non-ortho nitro benzene ring substituents is 1. The molecule has 28 heavy (non-hydrogen) atoms. The molecule has 1 N–H and O–H groups in total. The monoisotopic (exact) mass is 407 g/mol. The zero-order valence-corrected chi connectivity index (χ0v) is 16.5. The highest BCUT2D eigenvalue weighted by molar-refractivity contribution is 7.92. The van der Waals surface area contributed by atoms with E-state index in [1.807, 2.05) is 6.92 Å². The molecule has 0 spiro atoms. The Morgan fingerprint density at radius 3 is 2.57 bits per heavy atom. The van der Waals surface area contributed by atoms with Gasteiger partial charge in [0.2, 0.25) is 15.9 Å². The summed E-state index contributed by atoms with van der Waals surface area (Å²) >= 11 is 0. The lowest BCUT2D eigenvalue weighted by Gasteiger charge is -2.23. The number of nitrogens with zero attached hydrogens (tertiary/aromatic N) is 2. The first-order valence-electron chi connectivity index (χ1n) is 8.37. The third-order valence-electron chi connectivity index (χ3n) is 3.79. The molecule has 0 heterocycles. The van der Waals surface area contributed by atoms with Gasteiger partial charge in [0.05, 0.1) is 23.5 Å². The van der Waals surface area contributed by atoms with Crippen LogP contribution in [0.15, 0.2) is 42.5 Å². The van der Waals surface area contributed by atoms with Crippen LogP contribution in [0.4, 0.5) is 17.1 Å². The minimum Gasteiger partial charge on any atom is -0.494 e. The standard InChI is InChI=1S/C18H21N3O6S/c1-4-27-16-7-5-6-14(10-16)19-18(22)12-20(28(3,25)26)17-11-15(21(23)24)9-8-13(17)2/h5-11H,4,12H2,1-3H3,(H,19,22). The quantitative estimate of drug-likeness (QED) is 0.531. The molecule has 0 aliphatic rings. The van der Waals surface area contributed by atoms with Crippen LogP contribution in [0.5, 0.6) is 5.75 Å². The van der Waals surface area contributed by atoms with Gasteiger partial charge in [0.15, 0.2) is 0 Å². The van der Waals surface area contributed by atoms with E-state index >= 15 is 0 Å². The van der Waals surface area contributed by atoms with E-state index in [-0.39, 0.29) is 11.4 Å². The summed E-state index contributed by atoms with van der Waals surface area (Å²) in [6, 6.07) is 10.5. The van der Waals surface area contributed by atoms with Crippen molar-refractivity contribution in [1.29, 1.82) is 0 Å². The number of anilines is 2. The summed E-state index contributed by atoms with van der Waals surface area (Å²) in [4.78, 5) is 22.9. The van der Waals surface area contributed by atoms with Crippen molar-refractivity contribution in [2.75, 3.05) is 29.0 Å². The van der Waals surface area contributed by atoms with Crippen molar-refractivity contribution in [2.24, 2.45) is 0 Å². The van der Waals surface area contributed by atoms with Crippen molar-refractivity contribution in [3.8, 4) is 5.75 Å². The fraction of sp³-hybridized carbons (Fsp3) is 0.278. The Kier molecular flexibility index (Phi) is 6.57. The summed E-state index contributed by atoms with van der Waals surface area (Å²) in [5.74, 6) is -0.0280. The maximum absolute atomic E-state index is 12.5. The van der Waals surface area contributed by atoms with Gasteiger partial charge in [-0.3, -0.25) is 19.2 Å². The van der Waals surface area contributed by atoms with Crippen molar-refractivity contribution >= 4 is 33.0 Å². The summed E-state index contributed by atoms with van der Waals surface area (Å²) in [5.41, 5.74) is 0.747. The van der Waals surface area contributed by atoms with Crippen LogP contribution in [0, 0.1) is 17.0 Å². The molecule has 0 fully saturated rings. The first-order valence-corrected chi connectivity index (χ1v) is 10.2. The smallest absolute Gasteiger partial charge is 0.271 e. The average molecular weight is 407 g/mol. The Morgan fingerprint density at radius 2 is 1.96 bits per heavy atom. The maximum Gasteiger partial charge on any atom is 0.271 e. The molecule has 0 atom stereocenters.